The predicted molar refractivity (Wildman–Crippen MR) is 110 cm³/mol. The number of fused-ring (bicyclic) bond motifs is 1. The zero-order valence-electron chi connectivity index (χ0n) is 16.2. The van der Waals surface area contributed by atoms with E-state index in [2.05, 4.69) is 25.7 Å². The van der Waals surface area contributed by atoms with Crippen molar-refractivity contribution < 1.29 is 4.79 Å². The number of aryl methyl sites for hydroxylation is 3. The van der Waals surface area contributed by atoms with Gasteiger partial charge in [0.15, 0.2) is 5.82 Å². The number of aromatic nitrogens is 5. The number of carbonyl (C=O) groups is 1. The second kappa shape index (κ2) is 6.80. The fraction of sp³-hybridized carbons (Fsp3) is 0.200. The number of carbonyl (C=O) groups excluding carboxylic acids is 1. The smallest absolute Gasteiger partial charge is 0.228 e. The van der Waals surface area contributed by atoms with Crippen LogP contribution in [0.1, 0.15) is 18.2 Å². The third kappa shape index (κ3) is 3.20. The second-order valence-electron chi connectivity index (χ2n) is 6.76. The summed E-state index contributed by atoms with van der Waals surface area (Å²) in [5, 5.41) is 11.4. The molecular weight excluding hydrogens is 354 g/mol. The van der Waals surface area contributed by atoms with E-state index in [9.17, 15) is 4.79 Å². The van der Waals surface area contributed by atoms with Gasteiger partial charge in [-0.3, -0.25) is 9.48 Å². The first kappa shape index (κ1) is 17.7. The van der Waals surface area contributed by atoms with Crippen LogP contribution in [0, 0.1) is 13.8 Å². The molecule has 0 spiro atoms. The number of hydrogen-bond donors (Lipinski definition) is 3. The zero-order chi connectivity index (χ0) is 19.8. The minimum absolute atomic E-state index is 0.112. The van der Waals surface area contributed by atoms with Gasteiger partial charge in [0, 0.05) is 49.1 Å². The third-order valence-electron chi connectivity index (χ3n) is 4.61. The van der Waals surface area contributed by atoms with E-state index in [0.29, 0.717) is 11.8 Å². The molecule has 0 aliphatic carbocycles. The molecule has 8 nitrogen and oxygen atoms in total. The SMILES string of the molecule is CC(=O)Nc1cccc2c(-c3nc(Nc4cc(C)n(C)n4)ncc3C)c[nH]c12. The van der Waals surface area contributed by atoms with Crippen LogP contribution in [0.2, 0.25) is 0 Å². The topological polar surface area (TPSA) is 101 Å². The van der Waals surface area contributed by atoms with E-state index >= 15 is 0 Å². The number of aromatic amines is 1. The minimum atomic E-state index is -0.112. The van der Waals surface area contributed by atoms with Gasteiger partial charge in [0.2, 0.25) is 11.9 Å². The highest BCUT2D eigenvalue weighted by molar-refractivity contribution is 6.05. The van der Waals surface area contributed by atoms with E-state index in [4.69, 9.17) is 4.98 Å². The number of benzene rings is 1. The summed E-state index contributed by atoms with van der Waals surface area (Å²) in [6, 6.07) is 7.72. The van der Waals surface area contributed by atoms with Crippen LogP contribution in [-0.4, -0.2) is 30.6 Å². The number of nitrogens with one attached hydrogen (secondary N) is 3. The maximum absolute atomic E-state index is 11.5. The maximum Gasteiger partial charge on any atom is 0.228 e. The summed E-state index contributed by atoms with van der Waals surface area (Å²) >= 11 is 0. The zero-order valence-corrected chi connectivity index (χ0v) is 16.2. The van der Waals surface area contributed by atoms with Gasteiger partial charge >= 0.3 is 0 Å². The van der Waals surface area contributed by atoms with Crippen molar-refractivity contribution in [1.82, 2.24) is 24.7 Å². The molecule has 0 saturated heterocycles. The molecule has 1 amide bonds. The summed E-state index contributed by atoms with van der Waals surface area (Å²) in [7, 11) is 1.89. The molecular formula is C20H21N7O. The molecule has 3 aromatic heterocycles. The van der Waals surface area contributed by atoms with Crippen LogP contribution < -0.4 is 10.6 Å². The molecule has 3 heterocycles. The average Bonchev–Trinajstić information content (AvgIpc) is 3.20. The van der Waals surface area contributed by atoms with Crippen molar-refractivity contribution in [3.05, 3.63) is 47.9 Å². The standard InChI is InChI=1S/C20H21N7O/c1-11-9-22-20(24-17-8-12(2)27(4)26-17)25-18(11)15-10-21-19-14(15)6-5-7-16(19)23-13(3)28/h5-10,21H,1-4H3,(H,23,28)(H,22,24,25,26). The van der Waals surface area contributed by atoms with Crippen molar-refractivity contribution in [1.29, 1.82) is 0 Å². The van der Waals surface area contributed by atoms with Crippen molar-refractivity contribution in [2.45, 2.75) is 20.8 Å². The Morgan fingerprint density at radius 1 is 1.25 bits per heavy atom. The van der Waals surface area contributed by atoms with Crippen molar-refractivity contribution in [2.75, 3.05) is 10.6 Å². The van der Waals surface area contributed by atoms with E-state index in [1.165, 1.54) is 6.92 Å². The Balaban J connectivity index is 1.75. The quantitative estimate of drug-likeness (QED) is 0.505. The lowest BCUT2D eigenvalue weighted by Crippen LogP contribution is -2.05. The number of nitrogens with zero attached hydrogens (tertiary/aromatic N) is 4. The Labute approximate surface area is 162 Å². The molecule has 0 atom stereocenters. The van der Waals surface area contributed by atoms with Crippen molar-refractivity contribution in [3.8, 4) is 11.3 Å². The van der Waals surface area contributed by atoms with Crippen LogP contribution in [0.3, 0.4) is 0 Å². The average molecular weight is 375 g/mol. The highest BCUT2D eigenvalue weighted by Crippen LogP contribution is 2.33. The molecule has 4 aromatic rings. The molecule has 0 unspecified atom stereocenters. The fourth-order valence-electron chi connectivity index (χ4n) is 3.16. The monoisotopic (exact) mass is 375 g/mol. The van der Waals surface area contributed by atoms with E-state index in [0.717, 1.165) is 39.1 Å². The second-order valence-corrected chi connectivity index (χ2v) is 6.76. The highest BCUT2D eigenvalue weighted by Gasteiger charge is 2.14. The molecule has 3 N–H and O–H groups in total. The van der Waals surface area contributed by atoms with Crippen LogP contribution in [0.5, 0.6) is 0 Å². The van der Waals surface area contributed by atoms with Gasteiger partial charge in [-0.25, -0.2) is 9.97 Å². The number of amides is 1. The van der Waals surface area contributed by atoms with Gasteiger partial charge in [0.05, 0.1) is 16.9 Å². The fourth-order valence-corrected chi connectivity index (χ4v) is 3.16. The molecule has 0 radical (unpaired) electrons. The molecule has 1 aromatic carbocycles. The van der Waals surface area contributed by atoms with Crippen molar-refractivity contribution >= 4 is 34.3 Å². The van der Waals surface area contributed by atoms with Gasteiger partial charge in [-0.2, -0.15) is 5.10 Å². The molecule has 0 fully saturated rings. The lowest BCUT2D eigenvalue weighted by molar-refractivity contribution is -0.114. The van der Waals surface area contributed by atoms with E-state index in [1.54, 1.807) is 10.9 Å². The Hall–Kier alpha value is -3.68. The Kier molecular flexibility index (Phi) is 4.31. The summed E-state index contributed by atoms with van der Waals surface area (Å²) in [4.78, 5) is 23.8. The molecule has 0 saturated carbocycles. The molecule has 28 heavy (non-hydrogen) atoms. The maximum atomic E-state index is 11.5. The summed E-state index contributed by atoms with van der Waals surface area (Å²) in [5.41, 5.74) is 5.36. The van der Waals surface area contributed by atoms with Crippen LogP contribution in [0.25, 0.3) is 22.2 Å². The first-order valence-electron chi connectivity index (χ1n) is 8.91. The third-order valence-corrected chi connectivity index (χ3v) is 4.61. The summed E-state index contributed by atoms with van der Waals surface area (Å²) in [6.07, 6.45) is 3.69. The van der Waals surface area contributed by atoms with E-state index in [1.807, 2.05) is 51.4 Å². The van der Waals surface area contributed by atoms with Crippen molar-refractivity contribution in [3.63, 3.8) is 0 Å². The van der Waals surface area contributed by atoms with Gasteiger partial charge in [0.1, 0.15) is 0 Å². The van der Waals surface area contributed by atoms with Crippen LogP contribution in [0.4, 0.5) is 17.5 Å². The Morgan fingerprint density at radius 2 is 2.07 bits per heavy atom. The summed E-state index contributed by atoms with van der Waals surface area (Å²) in [6.45, 7) is 5.45. The summed E-state index contributed by atoms with van der Waals surface area (Å²) < 4.78 is 1.79. The Bertz CT molecular complexity index is 1170. The van der Waals surface area contributed by atoms with Crippen LogP contribution in [0.15, 0.2) is 36.7 Å². The van der Waals surface area contributed by atoms with Crippen LogP contribution >= 0.6 is 0 Å². The van der Waals surface area contributed by atoms with Gasteiger partial charge in [-0.1, -0.05) is 12.1 Å². The lowest BCUT2D eigenvalue weighted by atomic mass is 10.1. The summed E-state index contributed by atoms with van der Waals surface area (Å²) in [5.74, 6) is 1.06. The van der Waals surface area contributed by atoms with Gasteiger partial charge in [-0.05, 0) is 25.5 Å². The Morgan fingerprint density at radius 3 is 2.79 bits per heavy atom. The van der Waals surface area contributed by atoms with Gasteiger partial charge in [-0.15, -0.1) is 0 Å². The number of anilines is 3. The van der Waals surface area contributed by atoms with Crippen LogP contribution in [-0.2, 0) is 11.8 Å². The first-order valence-corrected chi connectivity index (χ1v) is 8.91. The molecule has 0 aliphatic rings. The van der Waals surface area contributed by atoms with Crippen molar-refractivity contribution in [2.24, 2.45) is 7.05 Å². The minimum Gasteiger partial charge on any atom is -0.359 e. The molecule has 0 aliphatic heterocycles. The predicted octanol–water partition coefficient (Wildman–Crippen LogP) is 3.68. The first-order chi connectivity index (χ1) is 13.4. The largest absolute Gasteiger partial charge is 0.359 e. The number of para-hydroxylation sites is 1. The number of H-pyrrole nitrogens is 1. The molecule has 8 heteroatoms. The molecule has 0 bridgehead atoms. The normalized spacial score (nSPS) is 11.0. The lowest BCUT2D eigenvalue weighted by Gasteiger charge is -2.08. The molecule has 142 valence electrons. The van der Waals surface area contributed by atoms with E-state index < -0.39 is 0 Å². The number of hydrogen-bond acceptors (Lipinski definition) is 5. The van der Waals surface area contributed by atoms with Gasteiger partial charge in [0.25, 0.3) is 0 Å². The van der Waals surface area contributed by atoms with Gasteiger partial charge < -0.3 is 15.6 Å². The molecule has 4 rings (SSSR count). The highest BCUT2D eigenvalue weighted by atomic mass is 16.1. The number of rotatable bonds is 4. The van der Waals surface area contributed by atoms with E-state index in [-0.39, 0.29) is 5.91 Å².